The van der Waals surface area contributed by atoms with Gasteiger partial charge in [0.15, 0.2) is 5.84 Å². The van der Waals surface area contributed by atoms with Crippen molar-refractivity contribution in [2.24, 2.45) is 10.1 Å². The van der Waals surface area contributed by atoms with Crippen molar-refractivity contribution < 1.29 is 32.2 Å². The van der Waals surface area contributed by atoms with Crippen LogP contribution in [0.15, 0.2) is 64.2 Å². The van der Waals surface area contributed by atoms with Crippen LogP contribution in [0, 0.1) is 5.41 Å². The molecule has 36 heavy (non-hydrogen) atoms. The molecule has 13 heteroatoms. The third kappa shape index (κ3) is 6.25. The molecule has 0 spiro atoms. The summed E-state index contributed by atoms with van der Waals surface area (Å²) in [5, 5.41) is 11.1. The predicted octanol–water partition coefficient (Wildman–Crippen LogP) is 5.00. The maximum absolute atomic E-state index is 13.0. The smallest absolute Gasteiger partial charge is 0.441 e. The average molecular weight is 539 g/mol. The van der Waals surface area contributed by atoms with Gasteiger partial charge in [0.2, 0.25) is 10.2 Å². The van der Waals surface area contributed by atoms with Gasteiger partial charge in [0, 0.05) is 10.6 Å². The number of ether oxygens (including phenoxy) is 3. The highest BCUT2D eigenvalue weighted by Gasteiger charge is 2.46. The SMILES string of the molecule is N=C1C(=Cc2cc(Cl)ccc2OCCOCCOc2ccccc2)C(=O)N=C2SC(C(F)(F)F)=NN12. The number of halogens is 4. The summed E-state index contributed by atoms with van der Waals surface area (Å²) in [4.78, 5) is 16.1. The summed E-state index contributed by atoms with van der Waals surface area (Å²) < 4.78 is 55.8. The molecule has 0 atom stereocenters. The Balaban J connectivity index is 1.38. The van der Waals surface area contributed by atoms with Crippen molar-refractivity contribution in [1.82, 2.24) is 5.01 Å². The van der Waals surface area contributed by atoms with E-state index in [1.807, 2.05) is 30.3 Å². The van der Waals surface area contributed by atoms with Gasteiger partial charge in [0.05, 0.1) is 18.8 Å². The van der Waals surface area contributed by atoms with E-state index in [4.69, 9.17) is 31.2 Å². The molecule has 0 fully saturated rings. The molecule has 2 heterocycles. The Morgan fingerprint density at radius 1 is 1.06 bits per heavy atom. The predicted molar refractivity (Wildman–Crippen MR) is 131 cm³/mol. The molecule has 1 N–H and O–H groups in total. The molecule has 1 amide bonds. The van der Waals surface area contributed by atoms with Gasteiger partial charge >= 0.3 is 6.18 Å². The van der Waals surface area contributed by atoms with Crippen LogP contribution in [0.1, 0.15) is 5.56 Å². The standard InChI is InChI=1S/C23H18ClF3N4O4S/c24-15-6-7-18(35-11-9-33-8-10-34-16-4-2-1-3-5-16)14(12-15)13-17-19(28)31-22(29-20(17)32)36-21(30-31)23(25,26)27/h1-7,12-13,28H,8-11H2. The molecule has 0 aliphatic carbocycles. The van der Waals surface area contributed by atoms with Gasteiger partial charge in [0.1, 0.15) is 24.7 Å². The number of amidine groups is 2. The first-order valence-corrected chi connectivity index (χ1v) is 11.7. The second-order valence-electron chi connectivity index (χ2n) is 7.23. The minimum atomic E-state index is -4.72. The highest BCUT2D eigenvalue weighted by Crippen LogP contribution is 2.36. The number of carbonyl (C=O) groups excluding carboxylic acids is 1. The normalized spacial score (nSPS) is 16.7. The lowest BCUT2D eigenvalue weighted by Crippen LogP contribution is -2.35. The summed E-state index contributed by atoms with van der Waals surface area (Å²) in [6.07, 6.45) is -3.44. The molecule has 2 aromatic carbocycles. The van der Waals surface area contributed by atoms with Crippen molar-refractivity contribution in [3.8, 4) is 11.5 Å². The van der Waals surface area contributed by atoms with E-state index in [1.54, 1.807) is 12.1 Å². The summed E-state index contributed by atoms with van der Waals surface area (Å²) in [7, 11) is 0. The second-order valence-corrected chi connectivity index (χ2v) is 8.62. The fraction of sp³-hybridized carbons (Fsp3) is 0.217. The van der Waals surface area contributed by atoms with E-state index in [9.17, 15) is 18.0 Å². The minimum absolute atomic E-state index is 0.166. The first-order chi connectivity index (χ1) is 17.2. The number of hydrazone groups is 1. The van der Waals surface area contributed by atoms with Crippen LogP contribution in [0.3, 0.4) is 0 Å². The first-order valence-electron chi connectivity index (χ1n) is 10.5. The Bertz CT molecular complexity index is 1250. The molecule has 0 aromatic heterocycles. The molecule has 0 unspecified atom stereocenters. The lowest BCUT2D eigenvalue weighted by molar-refractivity contribution is -0.114. The molecule has 8 nitrogen and oxygen atoms in total. The number of rotatable bonds is 9. The van der Waals surface area contributed by atoms with E-state index in [1.165, 1.54) is 12.1 Å². The Kier molecular flexibility index (Phi) is 7.97. The van der Waals surface area contributed by atoms with Crippen molar-refractivity contribution in [2.75, 3.05) is 26.4 Å². The molecular weight excluding hydrogens is 521 g/mol. The van der Waals surface area contributed by atoms with Gasteiger partial charge in [0.25, 0.3) is 5.91 Å². The molecule has 2 aromatic rings. The van der Waals surface area contributed by atoms with Crippen LogP contribution in [0.2, 0.25) is 5.02 Å². The van der Waals surface area contributed by atoms with Gasteiger partial charge < -0.3 is 14.2 Å². The number of hydrogen-bond donors (Lipinski definition) is 1. The van der Waals surface area contributed by atoms with E-state index < -0.39 is 23.0 Å². The molecule has 2 aliphatic heterocycles. The topological polar surface area (TPSA) is 96.6 Å². The number of amides is 1. The van der Waals surface area contributed by atoms with E-state index >= 15 is 0 Å². The number of thioether (sulfide) groups is 1. The number of para-hydroxylation sites is 1. The average Bonchev–Trinajstić information content (AvgIpc) is 3.28. The highest BCUT2D eigenvalue weighted by molar-refractivity contribution is 8.27. The molecule has 0 saturated heterocycles. The summed E-state index contributed by atoms with van der Waals surface area (Å²) in [5.74, 6) is -0.334. The molecule has 2 aliphatic rings. The monoisotopic (exact) mass is 538 g/mol. The molecule has 0 bridgehead atoms. The van der Waals surface area contributed by atoms with Crippen molar-refractivity contribution >= 4 is 51.4 Å². The van der Waals surface area contributed by atoms with Gasteiger partial charge in [-0.15, -0.1) is 0 Å². The zero-order chi connectivity index (χ0) is 25.7. The van der Waals surface area contributed by atoms with Crippen LogP contribution in [0.5, 0.6) is 11.5 Å². The number of aliphatic imine (C=N–C) groups is 1. The third-order valence-corrected chi connectivity index (χ3v) is 5.88. The fourth-order valence-corrected chi connectivity index (χ4v) is 4.01. The van der Waals surface area contributed by atoms with Crippen LogP contribution in [-0.2, 0) is 9.53 Å². The maximum Gasteiger partial charge on any atom is 0.441 e. The van der Waals surface area contributed by atoms with Crippen molar-refractivity contribution in [3.05, 3.63) is 64.7 Å². The van der Waals surface area contributed by atoms with Gasteiger partial charge in [-0.05, 0) is 48.2 Å². The lowest BCUT2D eigenvalue weighted by Gasteiger charge is -2.20. The summed E-state index contributed by atoms with van der Waals surface area (Å²) in [5.41, 5.74) is 0.0847. The minimum Gasteiger partial charge on any atom is -0.491 e. The molecule has 0 radical (unpaired) electrons. The van der Waals surface area contributed by atoms with Crippen molar-refractivity contribution in [2.45, 2.75) is 6.18 Å². The van der Waals surface area contributed by atoms with Crippen LogP contribution in [0.4, 0.5) is 13.2 Å². The zero-order valence-corrected chi connectivity index (χ0v) is 20.0. The number of hydrogen-bond acceptors (Lipinski definition) is 7. The number of fused-ring (bicyclic) bond motifs is 1. The molecule has 188 valence electrons. The van der Waals surface area contributed by atoms with Crippen molar-refractivity contribution in [3.63, 3.8) is 0 Å². The van der Waals surface area contributed by atoms with Gasteiger partial charge in [-0.25, -0.2) is 0 Å². The van der Waals surface area contributed by atoms with Gasteiger partial charge in [-0.1, -0.05) is 29.8 Å². The number of benzene rings is 2. The Labute approximate surface area is 212 Å². The van der Waals surface area contributed by atoms with Crippen LogP contribution >= 0.6 is 23.4 Å². The third-order valence-electron chi connectivity index (χ3n) is 4.69. The fourth-order valence-electron chi connectivity index (χ4n) is 3.07. The lowest BCUT2D eigenvalue weighted by atomic mass is 10.1. The summed E-state index contributed by atoms with van der Waals surface area (Å²) in [6, 6.07) is 14.0. The number of carbonyl (C=O) groups is 1. The van der Waals surface area contributed by atoms with Gasteiger partial charge in [-0.3, -0.25) is 10.2 Å². The second kappa shape index (κ2) is 11.1. The summed E-state index contributed by atoms with van der Waals surface area (Å²) in [6.45, 7) is 1.12. The van der Waals surface area contributed by atoms with Gasteiger partial charge in [-0.2, -0.15) is 28.3 Å². The van der Waals surface area contributed by atoms with Crippen molar-refractivity contribution in [1.29, 1.82) is 5.41 Å². The highest BCUT2D eigenvalue weighted by atomic mass is 35.5. The zero-order valence-electron chi connectivity index (χ0n) is 18.4. The van der Waals surface area contributed by atoms with E-state index in [2.05, 4.69) is 10.1 Å². The molecular formula is C23H18ClF3N4O4S. The number of nitrogens with one attached hydrogen (secondary N) is 1. The van der Waals surface area contributed by atoms with Crippen LogP contribution < -0.4 is 9.47 Å². The number of nitrogens with zero attached hydrogens (tertiary/aromatic N) is 3. The van der Waals surface area contributed by atoms with Crippen LogP contribution in [0.25, 0.3) is 6.08 Å². The largest absolute Gasteiger partial charge is 0.491 e. The van der Waals surface area contributed by atoms with E-state index in [0.29, 0.717) is 34.6 Å². The quantitative estimate of drug-likeness (QED) is 0.357. The molecule has 4 rings (SSSR count). The van der Waals surface area contributed by atoms with E-state index in [-0.39, 0.29) is 35.7 Å². The molecule has 0 saturated carbocycles. The Hall–Kier alpha value is -3.35. The first kappa shape index (κ1) is 25.7. The van der Waals surface area contributed by atoms with Crippen LogP contribution in [-0.4, -0.2) is 59.6 Å². The maximum atomic E-state index is 13.0. The Morgan fingerprint density at radius 3 is 2.50 bits per heavy atom. The van der Waals surface area contributed by atoms with E-state index in [0.717, 1.165) is 5.75 Å². The summed E-state index contributed by atoms with van der Waals surface area (Å²) >= 11 is 6.27. The number of alkyl halides is 3. The Morgan fingerprint density at radius 2 is 1.78 bits per heavy atom.